The zero-order valence-electron chi connectivity index (χ0n) is 30.6. The second-order valence-electron chi connectivity index (χ2n) is 17.6. The number of esters is 1. The number of ether oxygens (including phenoxy) is 1. The predicted octanol–water partition coefficient (Wildman–Crippen LogP) is 11.2. The minimum Gasteiger partial charge on any atom is -0.431 e. The molecular weight excluding hydrogens is 576 g/mol. The van der Waals surface area contributed by atoms with Gasteiger partial charge in [0, 0.05) is 35.0 Å². The van der Waals surface area contributed by atoms with Gasteiger partial charge in [-0.25, -0.2) is 0 Å². The molecule has 3 heteroatoms. The Kier molecular flexibility index (Phi) is 9.14. The van der Waals surface area contributed by atoms with Gasteiger partial charge in [0.25, 0.3) is 0 Å². The van der Waals surface area contributed by atoms with Crippen LogP contribution in [0.4, 0.5) is 0 Å². The Bertz CT molecular complexity index is 1420. The number of hydrogen-bond donors (Lipinski definition) is 0. The number of ketones is 1. The van der Waals surface area contributed by atoms with E-state index in [1.807, 2.05) is 0 Å². The van der Waals surface area contributed by atoms with Crippen LogP contribution in [-0.4, -0.2) is 11.8 Å². The molecule has 256 valence electrons. The zero-order chi connectivity index (χ0) is 33.9. The van der Waals surface area contributed by atoms with Crippen molar-refractivity contribution < 1.29 is 14.3 Å². The quantitative estimate of drug-likeness (QED) is 0.212. The van der Waals surface area contributed by atoms with Crippen molar-refractivity contribution in [1.82, 2.24) is 0 Å². The maximum atomic E-state index is 12.4. The number of rotatable bonds is 1. The highest BCUT2D eigenvalue weighted by Crippen LogP contribution is 2.65. The molecule has 0 heterocycles. The summed E-state index contributed by atoms with van der Waals surface area (Å²) in [5.74, 6) is 6.92. The minimum absolute atomic E-state index is 0.00847. The standard InChI is InChI=1S/C22H30O2.C20H28O.C2H4/c1-14-9-11-21(3)16(13-14)5-6-17-18-7-8-20(24-15(2)23)22(18,4)12-10-19(17)21;1-13-8-10-19(2)14(12-13)4-5-15-16-6-7-18(21)20(16,3)11-9-17(15)19;1-2/h5,8-9,11,14,17-19H,6-7,10,12-13H2,1-4H3;4,8,10,13,15-17H,5-7,9,11-12H2,1-3H3;1-2H2/t14?,17?,18?,19?,21-,22-;13?,15?,16?,17?,19-,20-;/m00./s1. The van der Waals surface area contributed by atoms with E-state index in [1.54, 1.807) is 11.1 Å². The summed E-state index contributed by atoms with van der Waals surface area (Å²) in [5.41, 5.74) is 3.96. The van der Waals surface area contributed by atoms with Crippen molar-refractivity contribution in [2.75, 3.05) is 0 Å². The summed E-state index contributed by atoms with van der Waals surface area (Å²) < 4.78 is 5.60. The second kappa shape index (κ2) is 12.5. The fraction of sp³-hybridized carbons (Fsp3) is 0.682. The van der Waals surface area contributed by atoms with E-state index in [0.717, 1.165) is 55.6 Å². The van der Waals surface area contributed by atoms with E-state index in [1.165, 1.54) is 45.4 Å². The minimum atomic E-state index is -0.174. The van der Waals surface area contributed by atoms with Crippen molar-refractivity contribution in [3.05, 3.63) is 72.6 Å². The van der Waals surface area contributed by atoms with Crippen LogP contribution in [0.3, 0.4) is 0 Å². The van der Waals surface area contributed by atoms with Gasteiger partial charge in [0.1, 0.15) is 11.5 Å². The Hall–Kier alpha value is -2.42. The molecule has 3 fully saturated rings. The number of carbonyl (C=O) groups is 2. The first-order valence-corrected chi connectivity index (χ1v) is 19.0. The molecule has 0 radical (unpaired) electrons. The van der Waals surface area contributed by atoms with Gasteiger partial charge in [-0.1, -0.05) is 89.1 Å². The van der Waals surface area contributed by atoms with Crippen LogP contribution in [-0.2, 0) is 14.3 Å². The van der Waals surface area contributed by atoms with Crippen LogP contribution in [0.1, 0.15) is 119 Å². The summed E-state index contributed by atoms with van der Waals surface area (Å²) >= 11 is 0. The first-order chi connectivity index (χ1) is 22.3. The molecule has 8 rings (SSSR count). The van der Waals surface area contributed by atoms with Crippen molar-refractivity contribution in [1.29, 1.82) is 0 Å². The molecular formula is C44H62O3. The summed E-state index contributed by atoms with van der Waals surface area (Å²) in [4.78, 5) is 23.9. The normalized spacial score (nSPS) is 47.0. The number of allylic oxidation sites excluding steroid dienone is 10. The van der Waals surface area contributed by atoms with E-state index in [0.29, 0.717) is 35.4 Å². The highest BCUT2D eigenvalue weighted by Gasteiger charge is 2.59. The lowest BCUT2D eigenvalue weighted by molar-refractivity contribution is -0.140. The number of hydrogen-bond acceptors (Lipinski definition) is 3. The molecule has 0 bridgehead atoms. The first-order valence-electron chi connectivity index (χ1n) is 19.0. The van der Waals surface area contributed by atoms with Gasteiger partial charge in [-0.3, -0.25) is 9.59 Å². The number of carbonyl (C=O) groups excluding carboxylic acids is 2. The molecule has 0 spiro atoms. The molecule has 8 unspecified atom stereocenters. The molecule has 3 nitrogen and oxygen atoms in total. The molecule has 12 atom stereocenters. The average molecular weight is 639 g/mol. The molecule has 0 aromatic carbocycles. The largest absolute Gasteiger partial charge is 0.431 e. The van der Waals surface area contributed by atoms with Gasteiger partial charge >= 0.3 is 5.97 Å². The van der Waals surface area contributed by atoms with Crippen LogP contribution in [0.15, 0.2) is 72.6 Å². The van der Waals surface area contributed by atoms with Crippen LogP contribution in [0.25, 0.3) is 0 Å². The van der Waals surface area contributed by atoms with Crippen LogP contribution >= 0.6 is 0 Å². The molecule has 0 aromatic rings. The van der Waals surface area contributed by atoms with Crippen molar-refractivity contribution >= 4 is 11.8 Å². The van der Waals surface area contributed by atoms with Crippen LogP contribution in [0.5, 0.6) is 0 Å². The van der Waals surface area contributed by atoms with Crippen molar-refractivity contribution in [2.24, 2.45) is 69.0 Å². The Morgan fingerprint density at radius 2 is 1.23 bits per heavy atom. The summed E-state index contributed by atoms with van der Waals surface area (Å²) in [6.45, 7) is 21.7. The SMILES string of the molecule is C=C.CC(=O)OC1=CCC2C3CC=C4CC(C)C=C[C@]4(C)C3CC[C@]12C.CC1C=C[C@@]2(C)C(=CCC3C2CC[C@]2(C)C(=O)CCC32)C1. The second-order valence-corrected chi connectivity index (χ2v) is 17.6. The third-order valence-corrected chi connectivity index (χ3v) is 15.2. The van der Waals surface area contributed by atoms with Crippen molar-refractivity contribution in [3.63, 3.8) is 0 Å². The first kappa shape index (κ1) is 34.4. The fourth-order valence-corrected chi connectivity index (χ4v) is 12.4. The summed E-state index contributed by atoms with van der Waals surface area (Å²) in [7, 11) is 0. The lowest BCUT2D eigenvalue weighted by Gasteiger charge is -2.56. The van der Waals surface area contributed by atoms with Crippen LogP contribution < -0.4 is 0 Å². The lowest BCUT2D eigenvalue weighted by Crippen LogP contribution is -2.49. The number of Topliss-reactive ketones (excluding diaryl/α,β-unsaturated/α-hetero) is 1. The highest BCUT2D eigenvalue weighted by molar-refractivity contribution is 5.87. The maximum absolute atomic E-state index is 12.4. The summed E-state index contributed by atoms with van der Waals surface area (Å²) in [6.07, 6.45) is 29.9. The molecule has 3 saturated carbocycles. The highest BCUT2D eigenvalue weighted by atomic mass is 16.5. The summed E-state index contributed by atoms with van der Waals surface area (Å²) in [5, 5.41) is 0. The van der Waals surface area contributed by atoms with E-state index < -0.39 is 0 Å². The smallest absolute Gasteiger partial charge is 0.307 e. The van der Waals surface area contributed by atoms with Gasteiger partial charge in [-0.05, 0) is 118 Å². The molecule has 0 saturated heterocycles. The molecule has 47 heavy (non-hydrogen) atoms. The van der Waals surface area contributed by atoms with Crippen molar-refractivity contribution in [3.8, 4) is 0 Å². The Labute approximate surface area is 286 Å². The molecule has 0 aliphatic heterocycles. The van der Waals surface area contributed by atoms with E-state index in [-0.39, 0.29) is 27.6 Å². The Morgan fingerprint density at radius 1 is 0.723 bits per heavy atom. The van der Waals surface area contributed by atoms with Gasteiger partial charge in [0.2, 0.25) is 0 Å². The molecule has 0 aromatic heterocycles. The molecule has 0 N–H and O–H groups in total. The van der Waals surface area contributed by atoms with Crippen molar-refractivity contribution in [2.45, 2.75) is 119 Å². The fourth-order valence-electron chi connectivity index (χ4n) is 12.4. The van der Waals surface area contributed by atoms with Gasteiger partial charge in [0.05, 0.1) is 0 Å². The van der Waals surface area contributed by atoms with E-state index in [2.05, 4.69) is 97.2 Å². The van der Waals surface area contributed by atoms with Gasteiger partial charge in [0.15, 0.2) is 0 Å². The zero-order valence-corrected chi connectivity index (χ0v) is 30.6. The third kappa shape index (κ3) is 5.45. The van der Waals surface area contributed by atoms with E-state index >= 15 is 0 Å². The Balaban J connectivity index is 0.000000157. The van der Waals surface area contributed by atoms with E-state index in [4.69, 9.17) is 4.74 Å². The third-order valence-electron chi connectivity index (χ3n) is 15.2. The molecule has 8 aliphatic rings. The average Bonchev–Trinajstić information content (AvgIpc) is 3.54. The predicted molar refractivity (Wildman–Crippen MR) is 193 cm³/mol. The molecule has 8 aliphatic carbocycles. The van der Waals surface area contributed by atoms with Crippen LogP contribution in [0, 0.1) is 69.0 Å². The topological polar surface area (TPSA) is 43.4 Å². The maximum Gasteiger partial charge on any atom is 0.307 e. The lowest BCUT2D eigenvalue weighted by atomic mass is 9.49. The monoisotopic (exact) mass is 638 g/mol. The summed E-state index contributed by atoms with van der Waals surface area (Å²) in [6, 6.07) is 0. The number of fused-ring (bicyclic) bond motifs is 10. The van der Waals surface area contributed by atoms with Gasteiger partial charge in [-0.15, -0.1) is 13.2 Å². The van der Waals surface area contributed by atoms with E-state index in [9.17, 15) is 9.59 Å². The van der Waals surface area contributed by atoms with Gasteiger partial charge in [-0.2, -0.15) is 0 Å². The van der Waals surface area contributed by atoms with Gasteiger partial charge < -0.3 is 4.74 Å². The van der Waals surface area contributed by atoms with Crippen LogP contribution in [0.2, 0.25) is 0 Å². The molecule has 0 amide bonds. The Morgan fingerprint density at radius 3 is 1.77 bits per heavy atom.